The van der Waals surface area contributed by atoms with E-state index >= 15 is 0 Å². The first-order chi connectivity index (χ1) is 10.1. The molecular weight excluding hydrogens is 262 g/mol. The predicted molar refractivity (Wildman–Crippen MR) is 82.6 cm³/mol. The van der Waals surface area contributed by atoms with Crippen LogP contribution in [0, 0.1) is 11.3 Å². The molecular formula is C17H25N3O. The van der Waals surface area contributed by atoms with Crippen LogP contribution < -0.4 is 5.32 Å². The summed E-state index contributed by atoms with van der Waals surface area (Å²) in [6.45, 7) is 7.01. The van der Waals surface area contributed by atoms with E-state index in [2.05, 4.69) is 24.1 Å². The van der Waals surface area contributed by atoms with Gasteiger partial charge in [0.05, 0.1) is 0 Å². The number of nitrogens with zero attached hydrogens (tertiary/aromatic N) is 2. The van der Waals surface area contributed by atoms with Crippen molar-refractivity contribution in [3.63, 3.8) is 0 Å². The highest BCUT2D eigenvalue weighted by Gasteiger charge is 2.58. The number of amides is 1. The van der Waals surface area contributed by atoms with Crippen molar-refractivity contribution >= 4 is 5.91 Å². The van der Waals surface area contributed by atoms with E-state index < -0.39 is 0 Å². The lowest BCUT2D eigenvalue weighted by Crippen LogP contribution is -2.40. The van der Waals surface area contributed by atoms with Crippen LogP contribution in [-0.4, -0.2) is 34.9 Å². The van der Waals surface area contributed by atoms with Gasteiger partial charge in [-0.05, 0) is 63.2 Å². The molecule has 0 aromatic carbocycles. The number of hydrogen-bond donors (Lipinski definition) is 1. The van der Waals surface area contributed by atoms with Gasteiger partial charge >= 0.3 is 0 Å². The number of rotatable bonds is 4. The summed E-state index contributed by atoms with van der Waals surface area (Å²) >= 11 is 0. The fourth-order valence-corrected chi connectivity index (χ4v) is 3.58. The lowest BCUT2D eigenvalue weighted by atomic mass is 9.91. The van der Waals surface area contributed by atoms with Crippen LogP contribution in [0.15, 0.2) is 24.5 Å². The summed E-state index contributed by atoms with van der Waals surface area (Å²) in [4.78, 5) is 19.1. The molecule has 1 aliphatic heterocycles. The molecule has 1 aromatic rings. The molecule has 114 valence electrons. The second-order valence-electron chi connectivity index (χ2n) is 6.79. The molecule has 1 amide bonds. The average molecular weight is 287 g/mol. The van der Waals surface area contributed by atoms with E-state index in [-0.39, 0.29) is 12.0 Å². The zero-order chi connectivity index (χ0) is 14.9. The Kier molecular flexibility index (Phi) is 3.98. The zero-order valence-corrected chi connectivity index (χ0v) is 13.0. The van der Waals surface area contributed by atoms with Gasteiger partial charge < -0.3 is 10.2 Å². The van der Waals surface area contributed by atoms with Crippen LogP contribution in [0.5, 0.6) is 0 Å². The van der Waals surface area contributed by atoms with Gasteiger partial charge in [0.2, 0.25) is 5.91 Å². The molecule has 1 aromatic heterocycles. The Bertz CT molecular complexity index is 494. The van der Waals surface area contributed by atoms with Crippen LogP contribution in [0.3, 0.4) is 0 Å². The molecule has 2 fully saturated rings. The molecule has 1 atom stereocenters. The summed E-state index contributed by atoms with van der Waals surface area (Å²) in [5, 5.41) is 3.40. The first-order valence-corrected chi connectivity index (χ1v) is 8.02. The summed E-state index contributed by atoms with van der Waals surface area (Å²) in [5.41, 5.74) is 1.42. The van der Waals surface area contributed by atoms with Crippen molar-refractivity contribution < 1.29 is 4.79 Å². The van der Waals surface area contributed by atoms with Gasteiger partial charge in [0.1, 0.15) is 0 Å². The van der Waals surface area contributed by atoms with Crippen LogP contribution in [0.4, 0.5) is 0 Å². The smallest absolute Gasteiger partial charge is 0.226 e. The molecule has 2 heterocycles. The molecule has 0 bridgehead atoms. The van der Waals surface area contributed by atoms with Crippen molar-refractivity contribution in [2.24, 2.45) is 11.3 Å². The van der Waals surface area contributed by atoms with Gasteiger partial charge in [-0.1, -0.05) is 6.07 Å². The largest absolute Gasteiger partial charge is 0.336 e. The van der Waals surface area contributed by atoms with E-state index in [1.54, 1.807) is 6.20 Å². The Balaban J connectivity index is 1.68. The van der Waals surface area contributed by atoms with Crippen LogP contribution in [-0.2, 0) is 11.3 Å². The molecule has 21 heavy (non-hydrogen) atoms. The Hall–Kier alpha value is -1.42. The van der Waals surface area contributed by atoms with Crippen molar-refractivity contribution in [1.29, 1.82) is 0 Å². The summed E-state index contributed by atoms with van der Waals surface area (Å²) in [6.07, 6.45) is 7.03. The molecule has 4 heteroatoms. The van der Waals surface area contributed by atoms with Crippen LogP contribution in [0.1, 0.15) is 38.7 Å². The first-order valence-electron chi connectivity index (χ1n) is 8.02. The second kappa shape index (κ2) is 5.76. The Morgan fingerprint density at radius 1 is 1.48 bits per heavy atom. The van der Waals surface area contributed by atoms with Crippen molar-refractivity contribution in [2.45, 2.75) is 45.7 Å². The molecule has 1 spiro atoms. The van der Waals surface area contributed by atoms with E-state index in [1.807, 2.05) is 23.2 Å². The van der Waals surface area contributed by atoms with Gasteiger partial charge in [0.25, 0.3) is 0 Å². The lowest BCUT2D eigenvalue weighted by Gasteiger charge is -2.29. The number of piperidine rings is 1. The number of pyridine rings is 1. The van der Waals surface area contributed by atoms with E-state index in [1.165, 1.54) is 0 Å². The molecule has 2 aliphatic rings. The van der Waals surface area contributed by atoms with Gasteiger partial charge in [0.15, 0.2) is 0 Å². The highest BCUT2D eigenvalue weighted by molar-refractivity contribution is 5.83. The van der Waals surface area contributed by atoms with E-state index in [4.69, 9.17) is 0 Å². The molecule has 1 N–H and O–H groups in total. The van der Waals surface area contributed by atoms with Gasteiger partial charge in [-0.15, -0.1) is 0 Å². The number of nitrogens with one attached hydrogen (secondary N) is 1. The molecule has 1 saturated carbocycles. The highest BCUT2D eigenvalue weighted by Crippen LogP contribution is 2.59. The number of carbonyl (C=O) groups excluding carboxylic acids is 1. The minimum atomic E-state index is 0.233. The molecule has 4 nitrogen and oxygen atoms in total. The van der Waals surface area contributed by atoms with Crippen molar-refractivity contribution in [3.05, 3.63) is 30.1 Å². The fraction of sp³-hybridized carbons (Fsp3) is 0.647. The standard InChI is InChI=1S/C17H25N3O/c1-13(2)20(12-14-4-3-7-19-11-14)16(21)15-10-17(15)5-8-18-9-6-17/h3-4,7,11,13,15,18H,5-6,8-10,12H2,1-2H3. The normalized spacial score (nSPS) is 23.3. The quantitative estimate of drug-likeness (QED) is 0.923. The maximum atomic E-state index is 12.9. The summed E-state index contributed by atoms with van der Waals surface area (Å²) in [5.74, 6) is 0.592. The molecule has 1 unspecified atom stereocenters. The molecule has 0 radical (unpaired) electrons. The van der Waals surface area contributed by atoms with Crippen LogP contribution >= 0.6 is 0 Å². The van der Waals surface area contributed by atoms with Gasteiger partial charge in [-0.25, -0.2) is 0 Å². The highest BCUT2D eigenvalue weighted by atomic mass is 16.2. The third kappa shape index (κ3) is 2.95. The molecule has 1 saturated heterocycles. The average Bonchev–Trinajstić information content (AvgIpc) is 3.19. The first kappa shape index (κ1) is 14.5. The number of hydrogen-bond acceptors (Lipinski definition) is 3. The van der Waals surface area contributed by atoms with Gasteiger partial charge in [-0.2, -0.15) is 0 Å². The Morgan fingerprint density at radius 3 is 2.86 bits per heavy atom. The summed E-state index contributed by atoms with van der Waals surface area (Å²) < 4.78 is 0. The minimum Gasteiger partial charge on any atom is -0.336 e. The molecule has 1 aliphatic carbocycles. The lowest BCUT2D eigenvalue weighted by molar-refractivity contribution is -0.136. The molecule has 3 rings (SSSR count). The summed E-state index contributed by atoms with van der Waals surface area (Å²) in [7, 11) is 0. The maximum absolute atomic E-state index is 12.9. The van der Waals surface area contributed by atoms with E-state index in [0.29, 0.717) is 17.9 Å². The minimum absolute atomic E-state index is 0.233. The second-order valence-corrected chi connectivity index (χ2v) is 6.79. The topological polar surface area (TPSA) is 45.2 Å². The fourth-order valence-electron chi connectivity index (χ4n) is 3.58. The number of aromatic nitrogens is 1. The zero-order valence-electron chi connectivity index (χ0n) is 13.0. The number of carbonyl (C=O) groups is 1. The van der Waals surface area contributed by atoms with E-state index in [0.717, 1.165) is 37.9 Å². The van der Waals surface area contributed by atoms with Crippen molar-refractivity contribution in [1.82, 2.24) is 15.2 Å². The van der Waals surface area contributed by atoms with Crippen LogP contribution in [0.2, 0.25) is 0 Å². The SMILES string of the molecule is CC(C)N(Cc1cccnc1)C(=O)C1CC12CCNCC2. The van der Waals surface area contributed by atoms with E-state index in [9.17, 15) is 4.79 Å². The summed E-state index contributed by atoms with van der Waals surface area (Å²) in [6, 6.07) is 4.21. The van der Waals surface area contributed by atoms with Crippen molar-refractivity contribution in [2.75, 3.05) is 13.1 Å². The Morgan fingerprint density at radius 2 is 2.24 bits per heavy atom. The maximum Gasteiger partial charge on any atom is 0.226 e. The Labute approximate surface area is 126 Å². The monoisotopic (exact) mass is 287 g/mol. The van der Waals surface area contributed by atoms with Gasteiger partial charge in [0, 0.05) is 30.9 Å². The van der Waals surface area contributed by atoms with Crippen LogP contribution in [0.25, 0.3) is 0 Å². The van der Waals surface area contributed by atoms with Crippen molar-refractivity contribution in [3.8, 4) is 0 Å². The van der Waals surface area contributed by atoms with Gasteiger partial charge in [-0.3, -0.25) is 9.78 Å². The third-order valence-electron chi connectivity index (χ3n) is 5.07. The predicted octanol–water partition coefficient (Wildman–Crippen LogP) is 2.21. The third-order valence-corrected chi connectivity index (χ3v) is 5.07.